The van der Waals surface area contributed by atoms with E-state index in [1.165, 1.54) is 98.1 Å². The minimum absolute atomic E-state index is 0.0418. The van der Waals surface area contributed by atoms with E-state index < -0.39 is 52.2 Å². The molecule has 8 N–H and O–H groups in total. The lowest BCUT2D eigenvalue weighted by Crippen LogP contribution is -2.40. The fourth-order valence-electron chi connectivity index (χ4n) is 9.18. The van der Waals surface area contributed by atoms with Crippen LogP contribution in [0.1, 0.15) is 56.7 Å². The molecule has 0 fully saturated rings. The fourth-order valence-corrected chi connectivity index (χ4v) is 9.18. The highest BCUT2D eigenvalue weighted by Gasteiger charge is 2.67. The van der Waals surface area contributed by atoms with Crippen LogP contribution >= 0.6 is 0 Å². The average Bonchev–Trinajstić information content (AvgIpc) is 3.90. The lowest BCUT2D eigenvalue weighted by Gasteiger charge is -2.29. The number of methoxy groups -OCH3 is 1. The number of carbonyl (C=O) groups excluding carboxylic acids is 2. The second-order valence-electron chi connectivity index (χ2n) is 14.7. The molecule has 15 nitrogen and oxygen atoms in total. The maximum absolute atomic E-state index is 14.6. The minimum atomic E-state index is -2.04. The molecule has 0 saturated carbocycles. The summed E-state index contributed by atoms with van der Waals surface area (Å²) in [6.45, 7) is 0. The van der Waals surface area contributed by atoms with Gasteiger partial charge in [-0.25, -0.2) is 0 Å². The Hall–Kier alpha value is -8.20. The van der Waals surface area contributed by atoms with Crippen LogP contribution in [0.15, 0.2) is 91.0 Å². The molecule has 60 heavy (non-hydrogen) atoms. The summed E-state index contributed by atoms with van der Waals surface area (Å²) in [6, 6.07) is 20.0. The molecule has 4 heterocycles. The Kier molecular flexibility index (Phi) is 7.47. The van der Waals surface area contributed by atoms with Gasteiger partial charge in [0.1, 0.15) is 69.7 Å². The summed E-state index contributed by atoms with van der Waals surface area (Å²) in [4.78, 5) is 29.1. The molecule has 300 valence electrons. The van der Waals surface area contributed by atoms with E-state index >= 15 is 0 Å². The average molecular weight is 811 g/mol. The summed E-state index contributed by atoms with van der Waals surface area (Å²) in [5.41, 5.74) is -3.00. The van der Waals surface area contributed by atoms with Gasteiger partial charge in [-0.05, 0) is 58.7 Å². The number of carbonyl (C=O) groups is 2. The molecule has 4 aliphatic heterocycles. The number of benzene rings is 6. The maximum Gasteiger partial charge on any atom is 0.331 e. The Bertz CT molecular complexity index is 2900. The van der Waals surface area contributed by atoms with Gasteiger partial charge in [-0.1, -0.05) is 36.4 Å². The number of rotatable bonds is 5. The number of hydrogen-bond acceptors (Lipinski definition) is 15. The summed E-state index contributed by atoms with van der Waals surface area (Å²) in [5, 5.41) is 86.5. The van der Waals surface area contributed by atoms with Gasteiger partial charge in [-0.15, -0.1) is 0 Å². The largest absolute Gasteiger partial charge is 0.508 e. The van der Waals surface area contributed by atoms with Crippen molar-refractivity contribution in [3.05, 3.63) is 136 Å². The summed E-state index contributed by atoms with van der Waals surface area (Å²) >= 11 is 0. The predicted octanol–water partition coefficient (Wildman–Crippen LogP) is 6.19. The minimum Gasteiger partial charge on any atom is -0.508 e. The highest BCUT2D eigenvalue weighted by Crippen LogP contribution is 2.67. The van der Waals surface area contributed by atoms with Crippen molar-refractivity contribution in [2.45, 2.75) is 23.0 Å². The van der Waals surface area contributed by atoms with Crippen LogP contribution in [0.4, 0.5) is 0 Å². The Morgan fingerprint density at radius 3 is 1.47 bits per heavy atom. The van der Waals surface area contributed by atoms with E-state index in [1.54, 1.807) is 0 Å². The normalized spacial score (nSPS) is 21.6. The molecule has 0 amide bonds. The SMILES string of the molecule is COc1c(O)cc(/C=C/c2cc(O)cc3c2[C@]2(C(=O)O3)c3c(O)cc(O)cc3O[C@H]2c2ccc(O)cc2)c2c1OC(=O)[C@@]21c2c(O)cc(O)cc2O[C@@H]1c1ccc(O)cc1. The molecule has 2 spiro atoms. The molecule has 0 radical (unpaired) electrons. The van der Waals surface area contributed by atoms with E-state index in [0.29, 0.717) is 11.1 Å². The molecule has 10 rings (SSSR count). The van der Waals surface area contributed by atoms with Gasteiger partial charge in [0.25, 0.3) is 0 Å². The standard InChI is InChI=1S/C45H30O15/c1-56-38-30(53)13-22(35-39(38)60-43(55)45(35)37-29(52)15-27(50)18-33(37)58-41(45)20-6-10-24(47)11-7-20)3-2-21-12-25(48)16-31-34(21)44(42(54)59-31)36-28(51)14-26(49)17-32(36)57-40(44)19-4-8-23(46)9-5-19/h2-18,40-41,46-53H,1H3/b3-2+/t40-,41+,44-,45+/m0/s1. The van der Waals surface area contributed by atoms with Crippen LogP contribution in [0.5, 0.6) is 74.7 Å². The molecule has 0 aromatic heterocycles. The van der Waals surface area contributed by atoms with Gasteiger partial charge in [0, 0.05) is 41.5 Å². The van der Waals surface area contributed by atoms with E-state index in [-0.39, 0.29) is 90.9 Å². The van der Waals surface area contributed by atoms with E-state index in [9.17, 15) is 50.4 Å². The zero-order valence-corrected chi connectivity index (χ0v) is 30.9. The van der Waals surface area contributed by atoms with Crippen LogP contribution in [0.2, 0.25) is 0 Å². The Morgan fingerprint density at radius 1 is 0.500 bits per heavy atom. The van der Waals surface area contributed by atoms with E-state index in [4.69, 9.17) is 23.7 Å². The maximum atomic E-state index is 14.6. The third kappa shape index (κ3) is 4.70. The van der Waals surface area contributed by atoms with Crippen LogP contribution < -0.4 is 23.7 Å². The van der Waals surface area contributed by atoms with Crippen molar-refractivity contribution in [2.75, 3.05) is 7.11 Å². The van der Waals surface area contributed by atoms with Gasteiger partial charge in [0.05, 0.1) is 18.2 Å². The van der Waals surface area contributed by atoms with Crippen molar-refractivity contribution in [2.24, 2.45) is 0 Å². The van der Waals surface area contributed by atoms with Crippen LogP contribution in [-0.4, -0.2) is 59.9 Å². The molecule has 4 atom stereocenters. The van der Waals surface area contributed by atoms with E-state index in [2.05, 4.69) is 0 Å². The molecule has 0 unspecified atom stereocenters. The molecule has 6 aromatic carbocycles. The van der Waals surface area contributed by atoms with Gasteiger partial charge < -0.3 is 64.5 Å². The van der Waals surface area contributed by atoms with Crippen LogP contribution in [-0.2, 0) is 20.4 Å². The summed E-state index contributed by atoms with van der Waals surface area (Å²) in [7, 11) is 1.25. The lowest BCUT2D eigenvalue weighted by atomic mass is 9.68. The number of fused-ring (bicyclic) bond motifs is 8. The second-order valence-corrected chi connectivity index (χ2v) is 14.7. The van der Waals surface area contributed by atoms with Crippen molar-refractivity contribution < 1.29 is 74.1 Å². The monoisotopic (exact) mass is 810 g/mol. The molecule has 0 aliphatic carbocycles. The highest BCUT2D eigenvalue weighted by molar-refractivity contribution is 6.03. The van der Waals surface area contributed by atoms with Gasteiger partial charge in [-0.3, -0.25) is 9.59 Å². The lowest BCUT2D eigenvalue weighted by molar-refractivity contribution is -0.139. The molecular formula is C45H30O15. The molecule has 0 bridgehead atoms. The smallest absolute Gasteiger partial charge is 0.331 e. The summed E-state index contributed by atoms with van der Waals surface area (Å²) in [6.07, 6.45) is 0.367. The van der Waals surface area contributed by atoms with Crippen molar-refractivity contribution >= 4 is 24.1 Å². The molecule has 6 aromatic rings. The first-order chi connectivity index (χ1) is 28.8. The van der Waals surface area contributed by atoms with Gasteiger partial charge in [0.15, 0.2) is 22.3 Å². The first kappa shape index (κ1) is 36.2. The summed E-state index contributed by atoms with van der Waals surface area (Å²) in [5.74, 6) is -5.17. The van der Waals surface area contributed by atoms with E-state index in [0.717, 1.165) is 12.1 Å². The topological polar surface area (TPSA) is 242 Å². The number of esters is 2. The van der Waals surface area contributed by atoms with Crippen LogP contribution in [0.25, 0.3) is 12.2 Å². The Balaban J connectivity index is 1.23. The Labute approximate surface area is 338 Å². The number of ether oxygens (including phenoxy) is 5. The third-order valence-corrected chi connectivity index (χ3v) is 11.4. The molecule has 4 aliphatic rings. The number of hydrogen-bond donors (Lipinski definition) is 8. The number of phenols is 8. The van der Waals surface area contributed by atoms with E-state index in [1.807, 2.05) is 0 Å². The van der Waals surface area contributed by atoms with Crippen LogP contribution in [0, 0.1) is 0 Å². The van der Waals surface area contributed by atoms with Crippen molar-refractivity contribution in [1.82, 2.24) is 0 Å². The highest BCUT2D eigenvalue weighted by atomic mass is 16.6. The van der Waals surface area contributed by atoms with Crippen LogP contribution in [0.3, 0.4) is 0 Å². The van der Waals surface area contributed by atoms with Crippen molar-refractivity contribution in [1.29, 1.82) is 0 Å². The zero-order valence-electron chi connectivity index (χ0n) is 30.9. The number of phenolic OH excluding ortho intramolecular Hbond substituents is 8. The zero-order chi connectivity index (χ0) is 42.0. The molecular weight excluding hydrogens is 780 g/mol. The quantitative estimate of drug-likeness (QED) is 0.0550. The van der Waals surface area contributed by atoms with Gasteiger partial charge >= 0.3 is 11.9 Å². The van der Waals surface area contributed by atoms with Crippen molar-refractivity contribution in [3.63, 3.8) is 0 Å². The second kappa shape index (κ2) is 12.4. The van der Waals surface area contributed by atoms with Gasteiger partial charge in [0.2, 0.25) is 5.75 Å². The molecule has 15 heteroatoms. The Morgan fingerprint density at radius 2 is 0.950 bits per heavy atom. The third-order valence-electron chi connectivity index (χ3n) is 11.4. The number of aromatic hydroxyl groups is 8. The first-order valence-corrected chi connectivity index (χ1v) is 18.3. The van der Waals surface area contributed by atoms with Crippen molar-refractivity contribution in [3.8, 4) is 74.7 Å². The first-order valence-electron chi connectivity index (χ1n) is 18.3. The fraction of sp³-hybridized carbons (Fsp3) is 0.111. The molecule has 0 saturated heterocycles. The summed E-state index contributed by atoms with van der Waals surface area (Å²) < 4.78 is 30.0. The van der Waals surface area contributed by atoms with Gasteiger partial charge in [-0.2, -0.15) is 0 Å². The predicted molar refractivity (Wildman–Crippen MR) is 207 cm³/mol.